The summed E-state index contributed by atoms with van der Waals surface area (Å²) in [6.07, 6.45) is 6.42. The molecular formula is C23H32ClN5O2. The molecule has 0 unspecified atom stereocenters. The van der Waals surface area contributed by atoms with Gasteiger partial charge >= 0.3 is 6.01 Å². The number of hydrogen-bond donors (Lipinski definition) is 1. The number of rotatable bonds is 13. The van der Waals surface area contributed by atoms with Crippen molar-refractivity contribution in [2.24, 2.45) is 0 Å². The standard InChI is InChI=1S/C23H31N5O2.ClH/c1-3-5-6-7-11-16-24-18-19-14-15-21(22(17-19)29-4-2)30-23-25-26-27-28(23)20-12-9-8-10-13-20;/h8-10,12-15,17,24H,3-7,11,16,18H2,1-2H3;1H. The lowest BCUT2D eigenvalue weighted by Crippen LogP contribution is -2.14. The van der Waals surface area contributed by atoms with Gasteiger partial charge in [-0.25, -0.2) is 0 Å². The van der Waals surface area contributed by atoms with Crippen molar-refractivity contribution in [2.75, 3.05) is 13.2 Å². The van der Waals surface area contributed by atoms with Gasteiger partial charge in [0, 0.05) is 6.54 Å². The fourth-order valence-electron chi connectivity index (χ4n) is 3.17. The maximum Gasteiger partial charge on any atom is 0.346 e. The van der Waals surface area contributed by atoms with Crippen molar-refractivity contribution in [1.82, 2.24) is 25.5 Å². The van der Waals surface area contributed by atoms with Crippen molar-refractivity contribution >= 4 is 12.4 Å². The highest BCUT2D eigenvalue weighted by molar-refractivity contribution is 5.85. The first-order chi connectivity index (χ1) is 14.8. The molecule has 0 spiro atoms. The third-order valence-electron chi connectivity index (χ3n) is 4.74. The molecule has 3 aromatic rings. The van der Waals surface area contributed by atoms with Crippen molar-refractivity contribution in [3.63, 3.8) is 0 Å². The number of para-hydroxylation sites is 1. The van der Waals surface area contributed by atoms with Crippen molar-refractivity contribution in [2.45, 2.75) is 52.5 Å². The van der Waals surface area contributed by atoms with Crippen LogP contribution in [0.15, 0.2) is 48.5 Å². The Hall–Kier alpha value is -2.64. The van der Waals surface area contributed by atoms with Gasteiger partial charge in [0.15, 0.2) is 11.5 Å². The van der Waals surface area contributed by atoms with Crippen molar-refractivity contribution in [3.8, 4) is 23.2 Å². The van der Waals surface area contributed by atoms with Crippen LogP contribution in [-0.4, -0.2) is 33.4 Å². The van der Waals surface area contributed by atoms with Crippen LogP contribution in [0.5, 0.6) is 17.5 Å². The highest BCUT2D eigenvalue weighted by Crippen LogP contribution is 2.32. The van der Waals surface area contributed by atoms with Crippen molar-refractivity contribution in [3.05, 3.63) is 54.1 Å². The monoisotopic (exact) mass is 445 g/mol. The summed E-state index contributed by atoms with van der Waals surface area (Å²) in [5.41, 5.74) is 1.98. The summed E-state index contributed by atoms with van der Waals surface area (Å²) < 4.78 is 13.4. The number of benzene rings is 2. The van der Waals surface area contributed by atoms with Crippen LogP contribution in [0.2, 0.25) is 0 Å². The number of aromatic nitrogens is 4. The molecule has 0 fully saturated rings. The molecule has 0 radical (unpaired) electrons. The number of nitrogens with one attached hydrogen (secondary N) is 1. The summed E-state index contributed by atoms with van der Waals surface area (Å²) in [6, 6.07) is 15.9. The Kier molecular flexibility index (Phi) is 10.8. The van der Waals surface area contributed by atoms with Crippen molar-refractivity contribution < 1.29 is 9.47 Å². The highest BCUT2D eigenvalue weighted by atomic mass is 35.5. The Labute approximate surface area is 190 Å². The van der Waals surface area contributed by atoms with E-state index < -0.39 is 0 Å². The van der Waals surface area contributed by atoms with Gasteiger partial charge in [-0.2, -0.15) is 4.68 Å². The molecule has 8 heteroatoms. The predicted molar refractivity (Wildman–Crippen MR) is 125 cm³/mol. The van der Waals surface area contributed by atoms with Crippen LogP contribution in [0, 0.1) is 0 Å². The molecular weight excluding hydrogens is 414 g/mol. The first kappa shape index (κ1) is 24.6. The summed E-state index contributed by atoms with van der Waals surface area (Å²) in [4.78, 5) is 0. The lowest BCUT2D eigenvalue weighted by Gasteiger charge is -2.13. The molecule has 3 rings (SSSR count). The predicted octanol–water partition coefficient (Wildman–Crippen LogP) is 5.34. The summed E-state index contributed by atoms with van der Waals surface area (Å²) in [5, 5.41) is 15.3. The largest absolute Gasteiger partial charge is 0.490 e. The highest BCUT2D eigenvalue weighted by Gasteiger charge is 2.14. The van der Waals surface area contributed by atoms with Crippen LogP contribution in [0.1, 0.15) is 51.5 Å². The van der Waals surface area contributed by atoms with Gasteiger partial charge in [-0.05, 0) is 60.1 Å². The van der Waals surface area contributed by atoms with E-state index >= 15 is 0 Å². The normalized spacial score (nSPS) is 10.5. The van der Waals surface area contributed by atoms with E-state index in [1.54, 1.807) is 4.68 Å². The second-order valence-electron chi connectivity index (χ2n) is 7.12. The van der Waals surface area contributed by atoms with Crippen LogP contribution < -0.4 is 14.8 Å². The summed E-state index contributed by atoms with van der Waals surface area (Å²) in [6.45, 7) is 6.57. The summed E-state index contributed by atoms with van der Waals surface area (Å²) in [7, 11) is 0. The lowest BCUT2D eigenvalue weighted by atomic mass is 10.1. The molecule has 168 valence electrons. The van der Waals surface area contributed by atoms with Crippen LogP contribution in [0.25, 0.3) is 5.69 Å². The van der Waals surface area contributed by atoms with Gasteiger partial charge in [-0.1, -0.05) is 62.0 Å². The smallest absolute Gasteiger partial charge is 0.346 e. The fraction of sp³-hybridized carbons (Fsp3) is 0.435. The molecule has 0 aliphatic rings. The molecule has 1 N–H and O–H groups in total. The van der Waals surface area contributed by atoms with Gasteiger partial charge in [0.25, 0.3) is 0 Å². The number of tetrazole rings is 1. The molecule has 0 saturated carbocycles. The second-order valence-corrected chi connectivity index (χ2v) is 7.12. The van der Waals surface area contributed by atoms with E-state index in [4.69, 9.17) is 9.47 Å². The van der Waals surface area contributed by atoms with E-state index in [0.717, 1.165) is 24.3 Å². The molecule has 0 aliphatic carbocycles. The van der Waals surface area contributed by atoms with E-state index in [1.807, 2.05) is 55.5 Å². The van der Waals surface area contributed by atoms with E-state index in [2.05, 4.69) is 27.8 Å². The molecule has 7 nitrogen and oxygen atoms in total. The average molecular weight is 446 g/mol. The third-order valence-corrected chi connectivity index (χ3v) is 4.74. The minimum atomic E-state index is 0. The fourth-order valence-corrected chi connectivity index (χ4v) is 3.17. The molecule has 0 aliphatic heterocycles. The van der Waals surface area contributed by atoms with Crippen molar-refractivity contribution in [1.29, 1.82) is 0 Å². The van der Waals surface area contributed by atoms with Gasteiger partial charge < -0.3 is 14.8 Å². The van der Waals surface area contributed by atoms with E-state index in [9.17, 15) is 0 Å². The summed E-state index contributed by atoms with van der Waals surface area (Å²) >= 11 is 0. The molecule has 1 aromatic heterocycles. The topological polar surface area (TPSA) is 74.1 Å². The molecule has 1 heterocycles. The maximum atomic E-state index is 6.00. The van der Waals surface area contributed by atoms with Crippen LogP contribution in [0.4, 0.5) is 0 Å². The number of unbranched alkanes of at least 4 members (excludes halogenated alkanes) is 4. The maximum absolute atomic E-state index is 6.00. The second kappa shape index (κ2) is 13.6. The van der Waals surface area contributed by atoms with E-state index in [-0.39, 0.29) is 12.4 Å². The van der Waals surface area contributed by atoms with Crippen LogP contribution in [-0.2, 0) is 6.54 Å². The quantitative estimate of drug-likeness (QED) is 0.358. The first-order valence-electron chi connectivity index (χ1n) is 10.8. The van der Waals surface area contributed by atoms with E-state index in [0.29, 0.717) is 24.1 Å². The number of halogens is 1. The number of ether oxygens (including phenoxy) is 2. The minimum Gasteiger partial charge on any atom is -0.490 e. The molecule has 0 atom stereocenters. The number of hydrogen-bond acceptors (Lipinski definition) is 6. The van der Waals surface area contributed by atoms with Crippen LogP contribution in [0.3, 0.4) is 0 Å². The van der Waals surface area contributed by atoms with Crippen LogP contribution >= 0.6 is 12.4 Å². The van der Waals surface area contributed by atoms with Gasteiger partial charge in [-0.3, -0.25) is 0 Å². The summed E-state index contributed by atoms with van der Waals surface area (Å²) in [5.74, 6) is 1.27. The molecule has 0 bridgehead atoms. The Morgan fingerprint density at radius 2 is 1.74 bits per heavy atom. The molecule has 2 aromatic carbocycles. The molecule has 0 amide bonds. The minimum absolute atomic E-state index is 0. The van der Waals surface area contributed by atoms with E-state index in [1.165, 1.54) is 32.1 Å². The Morgan fingerprint density at radius 3 is 2.52 bits per heavy atom. The Balaban J connectivity index is 0.00000341. The van der Waals surface area contributed by atoms with Gasteiger partial charge in [0.1, 0.15) is 0 Å². The number of nitrogens with zero attached hydrogens (tertiary/aromatic N) is 4. The molecule has 0 saturated heterocycles. The zero-order valence-corrected chi connectivity index (χ0v) is 19.1. The molecule has 31 heavy (non-hydrogen) atoms. The lowest BCUT2D eigenvalue weighted by molar-refractivity contribution is 0.315. The zero-order valence-electron chi connectivity index (χ0n) is 18.3. The Morgan fingerprint density at radius 1 is 0.935 bits per heavy atom. The average Bonchev–Trinajstić information content (AvgIpc) is 3.24. The van der Waals surface area contributed by atoms with Gasteiger partial charge in [0.2, 0.25) is 0 Å². The Bertz CT molecular complexity index is 889. The SMILES string of the molecule is CCCCCCCNCc1ccc(Oc2nnnn2-c2ccccc2)c(OCC)c1.Cl. The van der Waals surface area contributed by atoms with Gasteiger partial charge in [0.05, 0.1) is 12.3 Å². The first-order valence-corrected chi connectivity index (χ1v) is 10.8. The third kappa shape index (κ3) is 7.52. The van der Waals surface area contributed by atoms with Gasteiger partial charge in [-0.15, -0.1) is 12.4 Å². The zero-order chi connectivity index (χ0) is 21.0.